The van der Waals surface area contributed by atoms with Gasteiger partial charge in [-0.3, -0.25) is 9.48 Å². The standard InChI is InChI=1S/C17H21F3N4O/c1-9-8-11(14-10(2)23-24(3)15(14)21-9)16(25)22-13-7-5-4-6-12(13)17(18,19)20/h8,12-13H,4-7H2,1-3H3,(H,22,25)/t12-,13-/m0/s1. The molecule has 2 atom stereocenters. The molecule has 5 nitrogen and oxygen atoms in total. The molecule has 1 aliphatic rings. The number of carbonyl (C=O) groups is 1. The Kier molecular flexibility index (Phi) is 4.47. The maximum Gasteiger partial charge on any atom is 0.393 e. The molecule has 2 aromatic heterocycles. The van der Waals surface area contributed by atoms with Gasteiger partial charge in [-0.05, 0) is 32.8 Å². The zero-order chi connectivity index (χ0) is 18.4. The van der Waals surface area contributed by atoms with E-state index in [0.717, 1.165) is 0 Å². The van der Waals surface area contributed by atoms with Crippen molar-refractivity contribution in [1.29, 1.82) is 0 Å². The van der Waals surface area contributed by atoms with Crippen LogP contribution in [0.1, 0.15) is 47.4 Å². The van der Waals surface area contributed by atoms with E-state index in [1.165, 1.54) is 0 Å². The van der Waals surface area contributed by atoms with Crippen molar-refractivity contribution in [2.24, 2.45) is 13.0 Å². The number of pyridine rings is 1. The second kappa shape index (κ2) is 6.31. The Morgan fingerprint density at radius 2 is 1.96 bits per heavy atom. The van der Waals surface area contributed by atoms with E-state index in [-0.39, 0.29) is 6.42 Å². The van der Waals surface area contributed by atoms with Crippen LogP contribution in [0.3, 0.4) is 0 Å². The van der Waals surface area contributed by atoms with Crippen LogP contribution < -0.4 is 5.32 Å². The first-order valence-corrected chi connectivity index (χ1v) is 8.37. The molecule has 0 saturated heterocycles. The summed E-state index contributed by atoms with van der Waals surface area (Å²) in [4.78, 5) is 17.2. The van der Waals surface area contributed by atoms with Crippen molar-refractivity contribution >= 4 is 16.9 Å². The molecular formula is C17H21F3N4O. The Hall–Kier alpha value is -2.12. The molecule has 0 aliphatic heterocycles. The van der Waals surface area contributed by atoms with Crippen molar-refractivity contribution in [3.05, 3.63) is 23.0 Å². The topological polar surface area (TPSA) is 59.8 Å². The number of hydrogen-bond donors (Lipinski definition) is 1. The minimum Gasteiger partial charge on any atom is -0.349 e. The van der Waals surface area contributed by atoms with Gasteiger partial charge in [0.2, 0.25) is 0 Å². The lowest BCUT2D eigenvalue weighted by Crippen LogP contribution is -2.47. The van der Waals surface area contributed by atoms with Gasteiger partial charge in [-0.2, -0.15) is 18.3 Å². The number of nitrogens with one attached hydrogen (secondary N) is 1. The van der Waals surface area contributed by atoms with Crippen LogP contribution in [0.25, 0.3) is 11.0 Å². The molecule has 3 rings (SSSR count). The molecule has 0 unspecified atom stereocenters. The third-order valence-electron chi connectivity index (χ3n) is 4.84. The molecule has 0 radical (unpaired) electrons. The van der Waals surface area contributed by atoms with Crippen molar-refractivity contribution in [1.82, 2.24) is 20.1 Å². The minimum atomic E-state index is -4.30. The molecule has 1 amide bonds. The molecule has 0 spiro atoms. The van der Waals surface area contributed by atoms with Crippen LogP contribution in [0.15, 0.2) is 6.07 Å². The average molecular weight is 354 g/mol. The van der Waals surface area contributed by atoms with Gasteiger partial charge in [0.05, 0.1) is 22.6 Å². The Labute approximate surface area is 143 Å². The summed E-state index contributed by atoms with van der Waals surface area (Å²) in [6.07, 6.45) is -2.67. The molecule has 1 saturated carbocycles. The van der Waals surface area contributed by atoms with E-state index >= 15 is 0 Å². The summed E-state index contributed by atoms with van der Waals surface area (Å²) >= 11 is 0. The number of fused-ring (bicyclic) bond motifs is 1. The van der Waals surface area contributed by atoms with Crippen molar-refractivity contribution in [2.45, 2.75) is 51.7 Å². The van der Waals surface area contributed by atoms with Gasteiger partial charge in [0.1, 0.15) is 0 Å². The highest BCUT2D eigenvalue weighted by Crippen LogP contribution is 2.38. The van der Waals surface area contributed by atoms with Gasteiger partial charge >= 0.3 is 6.18 Å². The quantitative estimate of drug-likeness (QED) is 0.899. The normalized spacial score (nSPS) is 21.5. The Morgan fingerprint density at radius 3 is 2.64 bits per heavy atom. The summed E-state index contributed by atoms with van der Waals surface area (Å²) in [6, 6.07) is 0.722. The number of aryl methyl sites for hydroxylation is 3. The van der Waals surface area contributed by atoms with Gasteiger partial charge in [0.25, 0.3) is 5.91 Å². The fourth-order valence-electron chi connectivity index (χ4n) is 3.69. The third-order valence-corrected chi connectivity index (χ3v) is 4.84. The van der Waals surface area contributed by atoms with Crippen LogP contribution in [0.2, 0.25) is 0 Å². The summed E-state index contributed by atoms with van der Waals surface area (Å²) < 4.78 is 41.3. The fraction of sp³-hybridized carbons (Fsp3) is 0.588. The first-order valence-electron chi connectivity index (χ1n) is 8.37. The van der Waals surface area contributed by atoms with E-state index in [1.54, 1.807) is 31.6 Å². The van der Waals surface area contributed by atoms with Crippen LogP contribution >= 0.6 is 0 Å². The SMILES string of the molecule is Cc1cc(C(=O)N[C@H]2CCCC[C@@H]2C(F)(F)F)c2c(C)nn(C)c2n1. The second-order valence-corrected chi connectivity index (χ2v) is 6.73. The maximum atomic E-state index is 13.3. The van der Waals surface area contributed by atoms with Crippen molar-refractivity contribution in [2.75, 3.05) is 0 Å². The van der Waals surface area contributed by atoms with Gasteiger partial charge in [-0.25, -0.2) is 4.98 Å². The lowest BCUT2D eigenvalue weighted by atomic mass is 9.84. The molecule has 1 fully saturated rings. The summed E-state index contributed by atoms with van der Waals surface area (Å²) in [7, 11) is 1.73. The Bertz CT molecular complexity index is 812. The van der Waals surface area contributed by atoms with E-state index in [0.29, 0.717) is 47.2 Å². The minimum absolute atomic E-state index is 0.0607. The zero-order valence-electron chi connectivity index (χ0n) is 14.4. The van der Waals surface area contributed by atoms with Crippen molar-refractivity contribution in [3.8, 4) is 0 Å². The van der Waals surface area contributed by atoms with E-state index in [4.69, 9.17) is 0 Å². The first-order chi connectivity index (χ1) is 11.7. The Balaban J connectivity index is 1.95. The van der Waals surface area contributed by atoms with E-state index in [1.807, 2.05) is 0 Å². The van der Waals surface area contributed by atoms with Crippen LogP contribution in [0.5, 0.6) is 0 Å². The summed E-state index contributed by atoms with van der Waals surface area (Å²) in [5.74, 6) is -1.98. The largest absolute Gasteiger partial charge is 0.393 e. The number of nitrogens with zero attached hydrogens (tertiary/aromatic N) is 3. The molecule has 2 heterocycles. The monoisotopic (exact) mass is 354 g/mol. The highest BCUT2D eigenvalue weighted by molar-refractivity contribution is 6.06. The lowest BCUT2D eigenvalue weighted by Gasteiger charge is -2.33. The molecule has 1 aliphatic carbocycles. The maximum absolute atomic E-state index is 13.3. The molecule has 1 N–H and O–H groups in total. The Morgan fingerprint density at radius 1 is 1.28 bits per heavy atom. The molecule has 136 valence electrons. The number of alkyl halides is 3. The van der Waals surface area contributed by atoms with Crippen LogP contribution in [0, 0.1) is 19.8 Å². The predicted octanol–water partition coefficient (Wildman–Crippen LogP) is 3.44. The number of carbonyl (C=O) groups excluding carboxylic acids is 1. The summed E-state index contributed by atoms with van der Waals surface area (Å²) in [5, 5.41) is 7.48. The zero-order valence-corrected chi connectivity index (χ0v) is 14.4. The van der Waals surface area contributed by atoms with Crippen LogP contribution in [-0.4, -0.2) is 32.9 Å². The first kappa shape index (κ1) is 17.7. The highest BCUT2D eigenvalue weighted by atomic mass is 19.4. The number of amides is 1. The van der Waals surface area contributed by atoms with Crippen LogP contribution in [0.4, 0.5) is 13.2 Å². The second-order valence-electron chi connectivity index (χ2n) is 6.73. The number of rotatable bonds is 2. The summed E-state index contributed by atoms with van der Waals surface area (Å²) in [5.41, 5.74) is 2.14. The van der Waals surface area contributed by atoms with Gasteiger partial charge in [0.15, 0.2) is 5.65 Å². The molecule has 2 aromatic rings. The molecule has 0 bridgehead atoms. The molecule has 25 heavy (non-hydrogen) atoms. The number of hydrogen-bond acceptors (Lipinski definition) is 3. The van der Waals surface area contributed by atoms with Gasteiger partial charge < -0.3 is 5.32 Å². The van der Waals surface area contributed by atoms with Crippen LogP contribution in [-0.2, 0) is 7.05 Å². The highest BCUT2D eigenvalue weighted by Gasteiger charge is 2.46. The van der Waals surface area contributed by atoms with Gasteiger partial charge in [-0.1, -0.05) is 12.8 Å². The van der Waals surface area contributed by atoms with Crippen molar-refractivity contribution in [3.63, 3.8) is 0 Å². The average Bonchev–Trinajstić information content (AvgIpc) is 2.80. The fourth-order valence-corrected chi connectivity index (χ4v) is 3.69. The third kappa shape index (κ3) is 3.34. The summed E-state index contributed by atoms with van der Waals surface area (Å²) in [6.45, 7) is 3.51. The van der Waals surface area contributed by atoms with Gasteiger partial charge in [0, 0.05) is 18.8 Å². The molecular weight excluding hydrogens is 333 g/mol. The van der Waals surface area contributed by atoms with E-state index in [9.17, 15) is 18.0 Å². The number of aromatic nitrogens is 3. The predicted molar refractivity (Wildman–Crippen MR) is 87.3 cm³/mol. The van der Waals surface area contributed by atoms with Gasteiger partial charge in [-0.15, -0.1) is 0 Å². The smallest absolute Gasteiger partial charge is 0.349 e. The number of halogens is 3. The molecule has 0 aromatic carbocycles. The van der Waals surface area contributed by atoms with E-state index < -0.39 is 24.0 Å². The molecule has 8 heteroatoms. The van der Waals surface area contributed by atoms with Crippen molar-refractivity contribution < 1.29 is 18.0 Å². The lowest BCUT2D eigenvalue weighted by molar-refractivity contribution is -0.187. The van der Waals surface area contributed by atoms with E-state index in [2.05, 4.69) is 15.4 Å².